The maximum Gasteiger partial charge on any atom is 0.319 e. The van der Waals surface area contributed by atoms with Crippen molar-refractivity contribution in [3.05, 3.63) is 53.4 Å². The summed E-state index contributed by atoms with van der Waals surface area (Å²) in [4.78, 5) is 30.4. The number of hydrogen-bond acceptors (Lipinski definition) is 6. The van der Waals surface area contributed by atoms with Gasteiger partial charge in [-0.3, -0.25) is 9.69 Å². The molecule has 3 amide bonds. The summed E-state index contributed by atoms with van der Waals surface area (Å²) in [6, 6.07) is 12.0. The standard InChI is InChI=1S/C22H22ClN5O4/c1-3-13(2)24-22(30)25-16-6-4-5-14(9-16)21-26-19(32-27-21)11-28-17-10-15(23)7-8-18(17)31-12-20(28)29/h4-10,13H,3,11-12H2,1-2H3,(H2,24,25,30)/t13-/m0/s1. The van der Waals surface area contributed by atoms with Crippen molar-refractivity contribution in [2.75, 3.05) is 16.8 Å². The van der Waals surface area contributed by atoms with E-state index >= 15 is 0 Å². The lowest BCUT2D eigenvalue weighted by atomic mass is 10.2. The SMILES string of the molecule is CC[C@H](C)NC(=O)Nc1cccc(-c2noc(CN3C(=O)COc4ccc(Cl)cc43)n2)c1. The fourth-order valence-electron chi connectivity index (χ4n) is 3.15. The first kappa shape index (κ1) is 21.6. The van der Waals surface area contributed by atoms with E-state index in [1.165, 1.54) is 4.90 Å². The second-order valence-electron chi connectivity index (χ2n) is 7.38. The van der Waals surface area contributed by atoms with Gasteiger partial charge in [-0.05, 0) is 43.7 Å². The van der Waals surface area contributed by atoms with Gasteiger partial charge in [0.1, 0.15) is 12.3 Å². The lowest BCUT2D eigenvalue weighted by Crippen LogP contribution is -2.38. The highest BCUT2D eigenvalue weighted by Gasteiger charge is 2.27. The molecule has 0 bridgehead atoms. The minimum Gasteiger partial charge on any atom is -0.482 e. The number of fused-ring (bicyclic) bond motifs is 1. The molecule has 10 heteroatoms. The molecule has 1 aliphatic rings. The van der Waals surface area contributed by atoms with Gasteiger partial charge in [0.05, 0.1) is 5.69 Å². The molecule has 0 radical (unpaired) electrons. The Labute approximate surface area is 189 Å². The van der Waals surface area contributed by atoms with Gasteiger partial charge in [-0.2, -0.15) is 4.98 Å². The summed E-state index contributed by atoms with van der Waals surface area (Å²) >= 11 is 6.08. The molecule has 2 N–H and O–H groups in total. The lowest BCUT2D eigenvalue weighted by molar-refractivity contribution is -0.121. The van der Waals surface area contributed by atoms with Gasteiger partial charge in [-0.15, -0.1) is 0 Å². The Balaban J connectivity index is 1.50. The Kier molecular flexibility index (Phi) is 6.27. The molecule has 1 aromatic heterocycles. The van der Waals surface area contributed by atoms with Crippen LogP contribution in [0.4, 0.5) is 16.2 Å². The normalized spacial score (nSPS) is 13.8. The minimum absolute atomic E-state index is 0.0702. The summed E-state index contributed by atoms with van der Waals surface area (Å²) in [7, 11) is 0. The summed E-state index contributed by atoms with van der Waals surface area (Å²) in [6.07, 6.45) is 0.835. The van der Waals surface area contributed by atoms with E-state index in [0.717, 1.165) is 6.42 Å². The molecule has 1 aliphatic heterocycles. The number of halogens is 1. The smallest absolute Gasteiger partial charge is 0.319 e. The van der Waals surface area contributed by atoms with Crippen LogP contribution < -0.4 is 20.3 Å². The maximum atomic E-state index is 12.4. The molecule has 2 heterocycles. The number of benzene rings is 2. The van der Waals surface area contributed by atoms with E-state index in [1.807, 2.05) is 13.8 Å². The Morgan fingerprint density at radius 2 is 2.12 bits per heavy atom. The van der Waals surface area contributed by atoms with Crippen LogP contribution in [0.2, 0.25) is 5.02 Å². The topological polar surface area (TPSA) is 110 Å². The minimum atomic E-state index is -0.284. The summed E-state index contributed by atoms with van der Waals surface area (Å²) in [5, 5.41) is 10.2. The van der Waals surface area contributed by atoms with E-state index in [0.29, 0.717) is 33.5 Å². The van der Waals surface area contributed by atoms with Crippen molar-refractivity contribution in [3.8, 4) is 17.1 Å². The van der Waals surface area contributed by atoms with Crippen molar-refractivity contribution in [3.63, 3.8) is 0 Å². The van der Waals surface area contributed by atoms with E-state index in [9.17, 15) is 9.59 Å². The fourth-order valence-corrected chi connectivity index (χ4v) is 3.32. The van der Waals surface area contributed by atoms with E-state index in [-0.39, 0.29) is 37.0 Å². The predicted octanol–water partition coefficient (Wildman–Crippen LogP) is 4.24. The Bertz CT molecular complexity index is 1150. The zero-order chi connectivity index (χ0) is 22.7. The number of carbonyl (C=O) groups is 2. The van der Waals surface area contributed by atoms with Gasteiger partial charge in [0.15, 0.2) is 6.61 Å². The van der Waals surface area contributed by atoms with Crippen LogP contribution in [0.5, 0.6) is 5.75 Å². The van der Waals surface area contributed by atoms with Gasteiger partial charge in [0, 0.05) is 22.3 Å². The quantitative estimate of drug-likeness (QED) is 0.575. The third-order valence-corrected chi connectivity index (χ3v) is 5.23. The molecule has 0 unspecified atom stereocenters. The van der Waals surface area contributed by atoms with Gasteiger partial charge in [-0.1, -0.05) is 35.8 Å². The number of rotatable bonds is 6. The van der Waals surface area contributed by atoms with Gasteiger partial charge < -0.3 is 19.9 Å². The van der Waals surface area contributed by atoms with E-state index < -0.39 is 0 Å². The van der Waals surface area contributed by atoms with Crippen molar-refractivity contribution in [2.45, 2.75) is 32.9 Å². The monoisotopic (exact) mass is 455 g/mol. The van der Waals surface area contributed by atoms with E-state index in [4.69, 9.17) is 20.9 Å². The Hall–Kier alpha value is -3.59. The molecule has 0 aliphatic carbocycles. The van der Waals surface area contributed by atoms with Crippen LogP contribution in [0.3, 0.4) is 0 Å². The Morgan fingerprint density at radius 1 is 1.28 bits per heavy atom. The Morgan fingerprint density at radius 3 is 2.94 bits per heavy atom. The van der Waals surface area contributed by atoms with Gasteiger partial charge in [0.25, 0.3) is 5.91 Å². The first-order chi connectivity index (χ1) is 15.4. The number of nitrogens with zero attached hydrogens (tertiary/aromatic N) is 3. The van der Waals surface area contributed by atoms with Crippen LogP contribution in [0.1, 0.15) is 26.2 Å². The van der Waals surface area contributed by atoms with Gasteiger partial charge in [-0.25, -0.2) is 4.79 Å². The number of aromatic nitrogens is 2. The average Bonchev–Trinajstić information content (AvgIpc) is 3.24. The zero-order valence-corrected chi connectivity index (χ0v) is 18.3. The number of urea groups is 1. The largest absolute Gasteiger partial charge is 0.482 e. The lowest BCUT2D eigenvalue weighted by Gasteiger charge is -2.28. The molecule has 0 saturated carbocycles. The molecule has 4 rings (SSSR count). The van der Waals surface area contributed by atoms with Crippen molar-refractivity contribution in [1.82, 2.24) is 15.5 Å². The number of anilines is 2. The zero-order valence-electron chi connectivity index (χ0n) is 17.6. The van der Waals surface area contributed by atoms with Crippen molar-refractivity contribution < 1.29 is 18.8 Å². The third-order valence-electron chi connectivity index (χ3n) is 4.99. The number of ether oxygens (including phenoxy) is 1. The summed E-state index contributed by atoms with van der Waals surface area (Å²) < 4.78 is 10.8. The molecule has 0 fully saturated rings. The van der Waals surface area contributed by atoms with Crippen molar-refractivity contribution in [1.29, 1.82) is 0 Å². The van der Waals surface area contributed by atoms with E-state index in [1.54, 1.807) is 42.5 Å². The molecule has 166 valence electrons. The van der Waals surface area contributed by atoms with Crippen LogP contribution >= 0.6 is 11.6 Å². The summed E-state index contributed by atoms with van der Waals surface area (Å²) in [5.41, 5.74) is 1.81. The second-order valence-corrected chi connectivity index (χ2v) is 7.82. The molecule has 0 saturated heterocycles. The van der Waals surface area contributed by atoms with Crippen molar-refractivity contribution in [2.24, 2.45) is 0 Å². The second kappa shape index (κ2) is 9.27. The van der Waals surface area contributed by atoms with Crippen LogP contribution in [-0.4, -0.2) is 34.7 Å². The molecule has 1 atom stereocenters. The average molecular weight is 456 g/mol. The molecular weight excluding hydrogens is 434 g/mol. The first-order valence-electron chi connectivity index (χ1n) is 10.2. The summed E-state index contributed by atoms with van der Waals surface area (Å²) in [6.45, 7) is 3.93. The molecule has 9 nitrogen and oxygen atoms in total. The van der Waals surface area contributed by atoms with Crippen molar-refractivity contribution >= 4 is 34.9 Å². The van der Waals surface area contributed by atoms with Gasteiger partial charge >= 0.3 is 6.03 Å². The maximum absolute atomic E-state index is 12.4. The van der Waals surface area contributed by atoms with Crippen LogP contribution in [0.15, 0.2) is 47.0 Å². The number of hydrogen-bond donors (Lipinski definition) is 2. The highest BCUT2D eigenvalue weighted by Crippen LogP contribution is 2.35. The fraction of sp³-hybridized carbons (Fsp3) is 0.273. The van der Waals surface area contributed by atoms with Crippen LogP contribution in [0, 0.1) is 0 Å². The third kappa shape index (κ3) is 4.83. The molecular formula is C22H22ClN5O4. The molecule has 3 aromatic rings. The predicted molar refractivity (Wildman–Crippen MR) is 120 cm³/mol. The highest BCUT2D eigenvalue weighted by molar-refractivity contribution is 6.31. The number of nitrogens with one attached hydrogen (secondary N) is 2. The molecule has 2 aromatic carbocycles. The highest BCUT2D eigenvalue weighted by atomic mass is 35.5. The van der Waals surface area contributed by atoms with Crippen LogP contribution in [-0.2, 0) is 11.3 Å². The van der Waals surface area contributed by atoms with E-state index in [2.05, 4.69) is 20.8 Å². The first-order valence-corrected chi connectivity index (χ1v) is 10.5. The number of amides is 3. The van der Waals surface area contributed by atoms with Gasteiger partial charge in [0.2, 0.25) is 11.7 Å². The molecule has 32 heavy (non-hydrogen) atoms. The summed E-state index contributed by atoms with van der Waals surface area (Å²) in [5.74, 6) is 0.924. The molecule has 0 spiro atoms. The van der Waals surface area contributed by atoms with Crippen LogP contribution in [0.25, 0.3) is 11.4 Å². The number of carbonyl (C=O) groups excluding carboxylic acids is 2.